The van der Waals surface area contributed by atoms with Gasteiger partial charge in [-0.1, -0.05) is 19.1 Å². The molecular weight excluding hydrogens is 178 g/mol. The first-order valence-corrected chi connectivity index (χ1v) is 5.08. The molecule has 1 N–H and O–H groups in total. The van der Waals surface area contributed by atoms with Crippen molar-refractivity contribution < 1.29 is 5.11 Å². The number of nitrogens with zero attached hydrogens (tertiary/aromatic N) is 3. The highest BCUT2D eigenvalue weighted by Gasteiger charge is 2.12. The maximum Gasteiger partial charge on any atom is 0.0830 e. The van der Waals surface area contributed by atoms with Crippen LogP contribution in [0.2, 0.25) is 0 Å². The maximum absolute atomic E-state index is 9.19. The molecule has 0 aliphatic carbocycles. The second-order valence-corrected chi connectivity index (χ2v) is 4.27. The van der Waals surface area contributed by atoms with Crippen molar-refractivity contribution in [2.24, 2.45) is 18.9 Å². The molecule has 1 aromatic heterocycles. The van der Waals surface area contributed by atoms with Crippen LogP contribution in [0.15, 0.2) is 6.20 Å². The Hall–Kier alpha value is -0.900. The van der Waals surface area contributed by atoms with Crippen molar-refractivity contribution in [1.29, 1.82) is 0 Å². The highest BCUT2D eigenvalue weighted by Crippen LogP contribution is 2.15. The second kappa shape index (κ2) is 5.10. The molecule has 0 aromatic carbocycles. The van der Waals surface area contributed by atoms with E-state index in [9.17, 15) is 5.11 Å². The van der Waals surface area contributed by atoms with Gasteiger partial charge in [-0.15, -0.1) is 5.10 Å². The summed E-state index contributed by atoms with van der Waals surface area (Å²) < 4.78 is 1.69. The molecule has 0 radical (unpaired) electrons. The van der Waals surface area contributed by atoms with E-state index < -0.39 is 0 Å². The van der Waals surface area contributed by atoms with Crippen molar-refractivity contribution in [3.05, 3.63) is 11.9 Å². The third-order valence-electron chi connectivity index (χ3n) is 2.21. The van der Waals surface area contributed by atoms with Crippen LogP contribution in [0.1, 0.15) is 26.0 Å². The highest BCUT2D eigenvalue weighted by molar-refractivity contribution is 4.93. The molecule has 4 heteroatoms. The molecule has 0 aliphatic heterocycles. The normalized spacial score (nSPS) is 13.5. The van der Waals surface area contributed by atoms with Crippen LogP contribution >= 0.6 is 0 Å². The summed E-state index contributed by atoms with van der Waals surface area (Å²) in [5.41, 5.74) is 0.965. The number of rotatable bonds is 5. The van der Waals surface area contributed by atoms with Gasteiger partial charge in [0.15, 0.2) is 0 Å². The van der Waals surface area contributed by atoms with Gasteiger partial charge >= 0.3 is 0 Å². The molecule has 0 amide bonds. The van der Waals surface area contributed by atoms with Crippen LogP contribution in [0.3, 0.4) is 0 Å². The van der Waals surface area contributed by atoms with Crippen molar-refractivity contribution in [3.63, 3.8) is 0 Å². The zero-order valence-corrected chi connectivity index (χ0v) is 9.14. The number of hydrogen-bond donors (Lipinski definition) is 1. The Morgan fingerprint density at radius 1 is 1.50 bits per heavy atom. The first kappa shape index (κ1) is 11.2. The first-order valence-electron chi connectivity index (χ1n) is 5.08. The first-order chi connectivity index (χ1) is 6.61. The van der Waals surface area contributed by atoms with Crippen LogP contribution in [0.25, 0.3) is 0 Å². The Morgan fingerprint density at radius 3 is 2.64 bits per heavy atom. The van der Waals surface area contributed by atoms with E-state index in [0.29, 0.717) is 11.8 Å². The van der Waals surface area contributed by atoms with Crippen molar-refractivity contribution in [1.82, 2.24) is 15.0 Å². The smallest absolute Gasteiger partial charge is 0.0830 e. The molecule has 0 bridgehead atoms. The summed E-state index contributed by atoms with van der Waals surface area (Å²) in [7, 11) is 1.85. The fraction of sp³-hybridized carbons (Fsp3) is 0.800. The molecule has 0 aliphatic rings. The summed E-state index contributed by atoms with van der Waals surface area (Å²) in [4.78, 5) is 0. The molecule has 1 rings (SSSR count). The maximum atomic E-state index is 9.19. The molecule has 1 aromatic rings. The predicted molar refractivity (Wildman–Crippen MR) is 54.7 cm³/mol. The van der Waals surface area contributed by atoms with Gasteiger partial charge in [-0.05, 0) is 24.7 Å². The van der Waals surface area contributed by atoms with Crippen molar-refractivity contribution in [2.45, 2.75) is 26.7 Å². The number of aliphatic hydroxyl groups excluding tert-OH is 1. The van der Waals surface area contributed by atoms with Gasteiger partial charge in [0.25, 0.3) is 0 Å². The van der Waals surface area contributed by atoms with Crippen LogP contribution in [0, 0.1) is 11.8 Å². The van der Waals surface area contributed by atoms with Crippen LogP contribution < -0.4 is 0 Å². The third-order valence-corrected chi connectivity index (χ3v) is 2.21. The van der Waals surface area contributed by atoms with Crippen LogP contribution in [-0.2, 0) is 13.5 Å². The molecule has 0 saturated carbocycles. The molecule has 4 nitrogen and oxygen atoms in total. The van der Waals surface area contributed by atoms with Gasteiger partial charge in [-0.2, -0.15) is 0 Å². The van der Waals surface area contributed by atoms with Crippen molar-refractivity contribution in [3.8, 4) is 0 Å². The molecule has 1 unspecified atom stereocenters. The van der Waals surface area contributed by atoms with Gasteiger partial charge in [-0.25, -0.2) is 0 Å². The van der Waals surface area contributed by atoms with Gasteiger partial charge in [0.1, 0.15) is 0 Å². The van der Waals surface area contributed by atoms with E-state index in [1.54, 1.807) is 4.68 Å². The summed E-state index contributed by atoms with van der Waals surface area (Å²) in [6.45, 7) is 4.56. The Bertz CT molecular complexity index is 270. The Balaban J connectivity index is 2.48. The minimum absolute atomic E-state index is 0.231. The molecule has 0 saturated heterocycles. The second-order valence-electron chi connectivity index (χ2n) is 4.27. The number of hydrogen-bond acceptors (Lipinski definition) is 3. The van der Waals surface area contributed by atoms with Crippen molar-refractivity contribution >= 4 is 0 Å². The molecule has 0 spiro atoms. The SMILES string of the molecule is CC(C)CC(CO)Cc1cn(C)nn1. The lowest BCUT2D eigenvalue weighted by molar-refractivity contribution is 0.204. The highest BCUT2D eigenvalue weighted by atomic mass is 16.3. The zero-order valence-electron chi connectivity index (χ0n) is 9.14. The molecular formula is C10H19N3O. The van der Waals surface area contributed by atoms with E-state index in [2.05, 4.69) is 24.2 Å². The zero-order chi connectivity index (χ0) is 10.6. The van der Waals surface area contributed by atoms with E-state index in [4.69, 9.17) is 0 Å². The number of aromatic nitrogens is 3. The van der Waals surface area contributed by atoms with Gasteiger partial charge in [0.05, 0.1) is 5.69 Å². The summed E-state index contributed by atoms with van der Waals surface area (Å²) in [6, 6.07) is 0. The largest absolute Gasteiger partial charge is 0.396 e. The summed E-state index contributed by atoms with van der Waals surface area (Å²) in [5.74, 6) is 0.926. The van der Waals surface area contributed by atoms with E-state index >= 15 is 0 Å². The van der Waals surface area contributed by atoms with E-state index in [1.165, 1.54) is 0 Å². The van der Waals surface area contributed by atoms with Crippen LogP contribution in [-0.4, -0.2) is 26.7 Å². The van der Waals surface area contributed by atoms with Gasteiger partial charge in [0.2, 0.25) is 0 Å². The number of aliphatic hydroxyl groups is 1. The minimum Gasteiger partial charge on any atom is -0.396 e. The fourth-order valence-corrected chi connectivity index (χ4v) is 1.67. The van der Waals surface area contributed by atoms with E-state index in [-0.39, 0.29) is 6.61 Å². The van der Waals surface area contributed by atoms with Gasteiger partial charge in [0, 0.05) is 19.9 Å². The molecule has 1 atom stereocenters. The van der Waals surface area contributed by atoms with Gasteiger partial charge < -0.3 is 5.11 Å². The van der Waals surface area contributed by atoms with E-state index in [0.717, 1.165) is 18.5 Å². The Kier molecular flexibility index (Phi) is 4.07. The molecule has 0 fully saturated rings. The minimum atomic E-state index is 0.231. The van der Waals surface area contributed by atoms with Crippen LogP contribution in [0.5, 0.6) is 0 Å². The van der Waals surface area contributed by atoms with Gasteiger partial charge in [-0.3, -0.25) is 4.68 Å². The average Bonchev–Trinajstić information content (AvgIpc) is 2.49. The lowest BCUT2D eigenvalue weighted by Crippen LogP contribution is -2.12. The number of aryl methyl sites for hydroxylation is 1. The van der Waals surface area contributed by atoms with E-state index in [1.807, 2.05) is 13.2 Å². The summed E-state index contributed by atoms with van der Waals surface area (Å²) in [6.07, 6.45) is 3.76. The van der Waals surface area contributed by atoms with Crippen molar-refractivity contribution in [2.75, 3.05) is 6.61 Å². The Labute approximate surface area is 84.9 Å². The molecule has 1 heterocycles. The average molecular weight is 197 g/mol. The molecule has 80 valence electrons. The third kappa shape index (κ3) is 3.46. The van der Waals surface area contributed by atoms with Crippen LogP contribution in [0.4, 0.5) is 0 Å². The topological polar surface area (TPSA) is 50.9 Å². The standard InChI is InChI=1S/C10H19N3O/c1-8(2)4-9(7-14)5-10-6-13(3)12-11-10/h6,8-9,14H,4-5,7H2,1-3H3. The lowest BCUT2D eigenvalue weighted by Gasteiger charge is -2.14. The predicted octanol–water partition coefficient (Wildman–Crippen LogP) is 1.01. The Morgan fingerprint density at radius 2 is 2.21 bits per heavy atom. The fourth-order valence-electron chi connectivity index (χ4n) is 1.67. The quantitative estimate of drug-likeness (QED) is 0.766. The lowest BCUT2D eigenvalue weighted by atomic mass is 9.94. The molecule has 14 heavy (non-hydrogen) atoms. The summed E-state index contributed by atoms with van der Waals surface area (Å²) >= 11 is 0. The monoisotopic (exact) mass is 197 g/mol. The summed E-state index contributed by atoms with van der Waals surface area (Å²) in [5, 5.41) is 17.1.